The molecule has 0 aliphatic carbocycles. The number of rotatable bonds is 3. The molecule has 0 amide bonds. The average Bonchev–Trinajstić information content (AvgIpc) is 2.66. The van der Waals surface area contributed by atoms with Crippen LogP contribution < -0.4 is 10.1 Å². The number of carboxylic acid groups (broad SMARTS) is 1. The lowest BCUT2D eigenvalue weighted by Gasteiger charge is -2.10. The first-order valence-electron chi connectivity index (χ1n) is 4.76. The van der Waals surface area contributed by atoms with Crippen LogP contribution in [-0.2, 0) is 4.79 Å². The van der Waals surface area contributed by atoms with Gasteiger partial charge in [0.25, 0.3) is 0 Å². The highest BCUT2D eigenvalue weighted by Crippen LogP contribution is 2.16. The summed E-state index contributed by atoms with van der Waals surface area (Å²) in [4.78, 5) is 18.3. The number of halogens is 1. The molecule has 1 fully saturated rings. The lowest BCUT2D eigenvalue weighted by molar-refractivity contribution is -0.139. The second kappa shape index (κ2) is 4.63. The summed E-state index contributed by atoms with van der Waals surface area (Å²) in [5.74, 6) is -0.510. The lowest BCUT2D eigenvalue weighted by Crippen LogP contribution is -2.30. The predicted octanol–water partition coefficient (Wildman–Crippen LogP) is 0.324. The fourth-order valence-corrected chi connectivity index (χ4v) is 1.68. The Morgan fingerprint density at radius 3 is 3.12 bits per heavy atom. The molecule has 86 valence electrons. The molecule has 1 aliphatic heterocycles. The van der Waals surface area contributed by atoms with Crippen molar-refractivity contribution >= 4 is 17.6 Å². The molecule has 0 radical (unpaired) electrons. The Balaban J connectivity index is 1.94. The van der Waals surface area contributed by atoms with E-state index < -0.39 is 12.0 Å². The highest BCUT2D eigenvalue weighted by atomic mass is 35.5. The SMILES string of the molecule is O=C(O)[C@@H]1C[C@@H](Oc2ccnc(Cl)n2)CN1. The van der Waals surface area contributed by atoms with E-state index in [0.29, 0.717) is 18.8 Å². The van der Waals surface area contributed by atoms with Gasteiger partial charge in [-0.25, -0.2) is 4.98 Å². The molecule has 1 aromatic heterocycles. The summed E-state index contributed by atoms with van der Waals surface area (Å²) in [5, 5.41) is 11.7. The number of nitrogens with zero attached hydrogens (tertiary/aromatic N) is 2. The van der Waals surface area contributed by atoms with Crippen molar-refractivity contribution in [1.82, 2.24) is 15.3 Å². The van der Waals surface area contributed by atoms with Crippen molar-refractivity contribution < 1.29 is 14.6 Å². The smallest absolute Gasteiger partial charge is 0.320 e. The summed E-state index contributed by atoms with van der Waals surface area (Å²) in [7, 11) is 0. The van der Waals surface area contributed by atoms with Gasteiger partial charge in [-0.1, -0.05) is 0 Å². The predicted molar refractivity (Wildman–Crippen MR) is 55.5 cm³/mol. The van der Waals surface area contributed by atoms with Crippen LogP contribution in [0.3, 0.4) is 0 Å². The van der Waals surface area contributed by atoms with E-state index in [1.807, 2.05) is 0 Å². The molecular weight excluding hydrogens is 234 g/mol. The highest BCUT2D eigenvalue weighted by Gasteiger charge is 2.30. The van der Waals surface area contributed by atoms with Gasteiger partial charge >= 0.3 is 5.97 Å². The van der Waals surface area contributed by atoms with Gasteiger partial charge in [-0.2, -0.15) is 4.98 Å². The molecule has 0 saturated carbocycles. The van der Waals surface area contributed by atoms with Gasteiger partial charge in [0.15, 0.2) is 0 Å². The molecule has 6 nitrogen and oxygen atoms in total. The molecular formula is C9H10ClN3O3. The van der Waals surface area contributed by atoms with Crippen molar-refractivity contribution in [1.29, 1.82) is 0 Å². The zero-order valence-corrected chi connectivity index (χ0v) is 9.02. The third-order valence-corrected chi connectivity index (χ3v) is 2.46. The third-order valence-electron chi connectivity index (χ3n) is 2.28. The van der Waals surface area contributed by atoms with E-state index >= 15 is 0 Å². The Morgan fingerprint density at radius 1 is 1.69 bits per heavy atom. The highest BCUT2D eigenvalue weighted by molar-refractivity contribution is 6.28. The van der Waals surface area contributed by atoms with Crippen molar-refractivity contribution in [2.45, 2.75) is 18.6 Å². The van der Waals surface area contributed by atoms with E-state index in [1.54, 1.807) is 6.07 Å². The first kappa shape index (κ1) is 11.1. The number of carbonyl (C=O) groups is 1. The molecule has 2 atom stereocenters. The number of hydrogen-bond donors (Lipinski definition) is 2. The van der Waals surface area contributed by atoms with Crippen LogP contribution >= 0.6 is 11.6 Å². The van der Waals surface area contributed by atoms with Crippen molar-refractivity contribution in [2.24, 2.45) is 0 Å². The van der Waals surface area contributed by atoms with E-state index in [9.17, 15) is 4.79 Å². The van der Waals surface area contributed by atoms with Crippen LogP contribution in [0.15, 0.2) is 12.3 Å². The van der Waals surface area contributed by atoms with Crippen LogP contribution in [0.4, 0.5) is 0 Å². The number of aromatic nitrogens is 2. The molecule has 0 spiro atoms. The molecule has 2 rings (SSSR count). The minimum Gasteiger partial charge on any atom is -0.480 e. The molecule has 1 saturated heterocycles. The Kier molecular flexibility index (Phi) is 3.21. The maximum Gasteiger partial charge on any atom is 0.320 e. The molecule has 1 aliphatic rings. The molecule has 2 N–H and O–H groups in total. The van der Waals surface area contributed by atoms with Crippen LogP contribution in [0.1, 0.15) is 6.42 Å². The molecule has 0 unspecified atom stereocenters. The summed E-state index contributed by atoms with van der Waals surface area (Å²) >= 11 is 5.60. The van der Waals surface area contributed by atoms with Crippen molar-refractivity contribution in [3.05, 3.63) is 17.5 Å². The van der Waals surface area contributed by atoms with Gasteiger partial charge < -0.3 is 15.2 Å². The zero-order chi connectivity index (χ0) is 11.5. The second-order valence-corrected chi connectivity index (χ2v) is 3.78. The van der Waals surface area contributed by atoms with Crippen LogP contribution in [0, 0.1) is 0 Å². The Labute approximate surface area is 96.6 Å². The first-order valence-corrected chi connectivity index (χ1v) is 5.14. The number of ether oxygens (including phenoxy) is 1. The molecule has 16 heavy (non-hydrogen) atoms. The second-order valence-electron chi connectivity index (χ2n) is 3.44. The third kappa shape index (κ3) is 2.59. The normalized spacial score (nSPS) is 24.3. The molecule has 7 heteroatoms. The molecule has 0 aromatic carbocycles. The van der Waals surface area contributed by atoms with Crippen molar-refractivity contribution in [3.8, 4) is 5.88 Å². The summed E-state index contributed by atoms with van der Waals surface area (Å²) in [6, 6.07) is 1.03. The first-order chi connectivity index (χ1) is 7.65. The van der Waals surface area contributed by atoms with Crippen molar-refractivity contribution in [2.75, 3.05) is 6.54 Å². The van der Waals surface area contributed by atoms with Crippen LogP contribution in [0.2, 0.25) is 5.28 Å². The minimum absolute atomic E-state index is 0.109. The summed E-state index contributed by atoms with van der Waals surface area (Å²) in [6.07, 6.45) is 1.70. The fraction of sp³-hybridized carbons (Fsp3) is 0.444. The van der Waals surface area contributed by atoms with Crippen LogP contribution in [-0.4, -0.2) is 39.7 Å². The molecule has 1 aromatic rings. The Morgan fingerprint density at radius 2 is 2.50 bits per heavy atom. The summed E-state index contributed by atoms with van der Waals surface area (Å²) < 4.78 is 5.48. The van der Waals surface area contributed by atoms with E-state index in [1.165, 1.54) is 6.20 Å². The number of carboxylic acids is 1. The van der Waals surface area contributed by atoms with E-state index in [-0.39, 0.29) is 11.4 Å². The number of hydrogen-bond acceptors (Lipinski definition) is 5. The van der Waals surface area contributed by atoms with Gasteiger partial charge in [0, 0.05) is 25.2 Å². The van der Waals surface area contributed by atoms with Gasteiger partial charge in [-0.05, 0) is 11.6 Å². The van der Waals surface area contributed by atoms with E-state index in [2.05, 4.69) is 15.3 Å². The molecule has 2 heterocycles. The fourth-order valence-electron chi connectivity index (χ4n) is 1.54. The van der Waals surface area contributed by atoms with Gasteiger partial charge in [-0.3, -0.25) is 4.79 Å². The van der Waals surface area contributed by atoms with Gasteiger partial charge in [0.1, 0.15) is 12.1 Å². The summed E-state index contributed by atoms with van der Waals surface area (Å²) in [5.41, 5.74) is 0. The average molecular weight is 244 g/mol. The van der Waals surface area contributed by atoms with E-state index in [4.69, 9.17) is 21.4 Å². The lowest BCUT2D eigenvalue weighted by atomic mass is 10.2. The van der Waals surface area contributed by atoms with E-state index in [0.717, 1.165) is 0 Å². The largest absolute Gasteiger partial charge is 0.480 e. The zero-order valence-electron chi connectivity index (χ0n) is 8.26. The Hall–Kier alpha value is -1.40. The van der Waals surface area contributed by atoms with Crippen LogP contribution in [0.25, 0.3) is 0 Å². The number of nitrogens with one attached hydrogen (secondary N) is 1. The van der Waals surface area contributed by atoms with Crippen molar-refractivity contribution in [3.63, 3.8) is 0 Å². The van der Waals surface area contributed by atoms with Gasteiger partial charge in [0.2, 0.25) is 11.2 Å². The maximum atomic E-state index is 10.7. The number of aliphatic carboxylic acids is 1. The topological polar surface area (TPSA) is 84.3 Å². The maximum absolute atomic E-state index is 10.7. The monoisotopic (exact) mass is 243 g/mol. The molecule has 0 bridgehead atoms. The minimum atomic E-state index is -0.869. The quantitative estimate of drug-likeness (QED) is 0.744. The Bertz CT molecular complexity index is 401. The summed E-state index contributed by atoms with van der Waals surface area (Å²) in [6.45, 7) is 0.485. The van der Waals surface area contributed by atoms with Gasteiger partial charge in [-0.15, -0.1) is 0 Å². The standard InChI is InChI=1S/C9H10ClN3O3/c10-9-11-2-1-7(13-9)16-5-3-6(8(14)15)12-4-5/h1-2,5-6,12H,3-4H2,(H,14,15)/t5-,6+/m1/s1. The van der Waals surface area contributed by atoms with Crippen LogP contribution in [0.5, 0.6) is 5.88 Å². The van der Waals surface area contributed by atoms with Gasteiger partial charge in [0.05, 0.1) is 0 Å².